The van der Waals surface area contributed by atoms with E-state index in [2.05, 4.69) is 15.8 Å². The van der Waals surface area contributed by atoms with Gasteiger partial charge in [-0.05, 0) is 25.0 Å². The van der Waals surface area contributed by atoms with Crippen molar-refractivity contribution >= 4 is 6.03 Å². The van der Waals surface area contributed by atoms with Gasteiger partial charge in [-0.3, -0.25) is 0 Å². The van der Waals surface area contributed by atoms with Crippen molar-refractivity contribution in [2.75, 3.05) is 7.11 Å². The van der Waals surface area contributed by atoms with Crippen LogP contribution in [0.5, 0.6) is 5.75 Å². The summed E-state index contributed by atoms with van der Waals surface area (Å²) >= 11 is 0. The molecule has 1 aliphatic rings. The number of hydrogen-bond donors (Lipinski definition) is 2. The van der Waals surface area contributed by atoms with Gasteiger partial charge in [-0.25, -0.2) is 4.79 Å². The standard InChI is InChI=1S/C15H17N3O3/c1-20-12-4-2-3-10(7-12)14-8-13(21-18-14)9-16-15(19)17-11-5-6-11/h2-4,7-8,11H,5-6,9H2,1H3,(H2,16,17,19). The van der Waals surface area contributed by atoms with Crippen LogP contribution in [0.4, 0.5) is 4.79 Å². The van der Waals surface area contributed by atoms with E-state index in [0.717, 1.165) is 24.2 Å². The average Bonchev–Trinajstić information content (AvgIpc) is 3.19. The van der Waals surface area contributed by atoms with Crippen LogP contribution in [0.1, 0.15) is 18.6 Å². The summed E-state index contributed by atoms with van der Waals surface area (Å²) in [5.74, 6) is 1.37. The molecule has 1 aromatic carbocycles. The summed E-state index contributed by atoms with van der Waals surface area (Å²) in [6.45, 7) is 0.315. The van der Waals surface area contributed by atoms with E-state index in [1.165, 1.54) is 0 Å². The molecule has 0 atom stereocenters. The Morgan fingerprint density at radius 2 is 2.29 bits per heavy atom. The Morgan fingerprint density at radius 1 is 1.43 bits per heavy atom. The number of rotatable bonds is 5. The third kappa shape index (κ3) is 3.53. The topological polar surface area (TPSA) is 76.4 Å². The van der Waals surface area contributed by atoms with Crippen LogP contribution in [0.25, 0.3) is 11.3 Å². The number of urea groups is 1. The van der Waals surface area contributed by atoms with E-state index >= 15 is 0 Å². The number of ether oxygens (including phenoxy) is 1. The first kappa shape index (κ1) is 13.5. The van der Waals surface area contributed by atoms with E-state index in [1.54, 1.807) is 7.11 Å². The molecule has 1 heterocycles. The lowest BCUT2D eigenvalue weighted by Crippen LogP contribution is -2.36. The van der Waals surface area contributed by atoms with Crippen LogP contribution in [-0.2, 0) is 6.54 Å². The van der Waals surface area contributed by atoms with Gasteiger partial charge in [0.25, 0.3) is 0 Å². The normalized spacial score (nSPS) is 13.8. The van der Waals surface area contributed by atoms with Gasteiger partial charge in [0.1, 0.15) is 11.4 Å². The van der Waals surface area contributed by atoms with Crippen molar-refractivity contribution in [1.29, 1.82) is 0 Å². The molecule has 0 radical (unpaired) electrons. The van der Waals surface area contributed by atoms with Gasteiger partial charge in [-0.1, -0.05) is 17.3 Å². The van der Waals surface area contributed by atoms with E-state index in [1.807, 2.05) is 30.3 Å². The van der Waals surface area contributed by atoms with E-state index in [0.29, 0.717) is 24.0 Å². The second-order valence-electron chi connectivity index (χ2n) is 5.01. The first-order valence-electron chi connectivity index (χ1n) is 6.89. The Labute approximate surface area is 122 Å². The second-order valence-corrected chi connectivity index (χ2v) is 5.01. The fourth-order valence-corrected chi connectivity index (χ4v) is 1.95. The highest BCUT2D eigenvalue weighted by molar-refractivity contribution is 5.74. The quantitative estimate of drug-likeness (QED) is 0.884. The largest absolute Gasteiger partial charge is 0.497 e. The lowest BCUT2D eigenvalue weighted by Gasteiger charge is -2.03. The van der Waals surface area contributed by atoms with Crippen molar-refractivity contribution in [2.24, 2.45) is 0 Å². The lowest BCUT2D eigenvalue weighted by atomic mass is 10.1. The van der Waals surface area contributed by atoms with Gasteiger partial charge in [0, 0.05) is 17.7 Å². The number of aromatic nitrogens is 1. The number of carbonyl (C=O) groups excluding carboxylic acids is 1. The van der Waals surface area contributed by atoms with Crippen molar-refractivity contribution < 1.29 is 14.1 Å². The molecule has 2 N–H and O–H groups in total. The molecule has 110 valence electrons. The zero-order chi connectivity index (χ0) is 14.7. The molecule has 1 saturated carbocycles. The Kier molecular flexibility index (Phi) is 3.77. The number of nitrogens with one attached hydrogen (secondary N) is 2. The number of carbonyl (C=O) groups is 1. The van der Waals surface area contributed by atoms with Crippen LogP contribution < -0.4 is 15.4 Å². The molecule has 6 heteroatoms. The molecule has 1 aromatic heterocycles. The third-order valence-electron chi connectivity index (χ3n) is 3.26. The predicted octanol–water partition coefficient (Wildman–Crippen LogP) is 2.31. The van der Waals surface area contributed by atoms with Gasteiger partial charge >= 0.3 is 6.03 Å². The Morgan fingerprint density at radius 3 is 3.05 bits per heavy atom. The number of hydrogen-bond acceptors (Lipinski definition) is 4. The van der Waals surface area contributed by atoms with Gasteiger partial charge in [0.15, 0.2) is 5.76 Å². The molecule has 21 heavy (non-hydrogen) atoms. The number of benzene rings is 1. The monoisotopic (exact) mass is 287 g/mol. The van der Waals surface area contributed by atoms with Crippen LogP contribution in [0.2, 0.25) is 0 Å². The zero-order valence-corrected chi connectivity index (χ0v) is 11.8. The summed E-state index contributed by atoms with van der Waals surface area (Å²) < 4.78 is 10.4. The van der Waals surface area contributed by atoms with Crippen molar-refractivity contribution in [3.05, 3.63) is 36.1 Å². The van der Waals surface area contributed by atoms with Crippen molar-refractivity contribution in [3.63, 3.8) is 0 Å². The summed E-state index contributed by atoms with van der Waals surface area (Å²) in [6, 6.07) is 9.56. The summed E-state index contributed by atoms with van der Waals surface area (Å²) in [5, 5.41) is 9.61. The smallest absolute Gasteiger partial charge is 0.315 e. The van der Waals surface area contributed by atoms with Crippen LogP contribution in [0.15, 0.2) is 34.9 Å². The molecule has 0 saturated heterocycles. The Bertz CT molecular complexity index is 635. The van der Waals surface area contributed by atoms with Gasteiger partial charge in [0.2, 0.25) is 0 Å². The molecule has 3 rings (SSSR count). The molecular formula is C15H17N3O3. The van der Waals surface area contributed by atoms with Crippen LogP contribution >= 0.6 is 0 Å². The molecular weight excluding hydrogens is 270 g/mol. The van der Waals surface area contributed by atoms with Crippen molar-refractivity contribution in [1.82, 2.24) is 15.8 Å². The number of nitrogens with zero attached hydrogens (tertiary/aromatic N) is 1. The Balaban J connectivity index is 1.60. The Hall–Kier alpha value is -2.50. The molecule has 6 nitrogen and oxygen atoms in total. The molecule has 1 fully saturated rings. The summed E-state index contributed by atoms with van der Waals surface area (Å²) in [4.78, 5) is 11.5. The van der Waals surface area contributed by atoms with E-state index in [9.17, 15) is 4.79 Å². The summed E-state index contributed by atoms with van der Waals surface area (Å²) in [7, 11) is 1.62. The predicted molar refractivity (Wildman–Crippen MR) is 76.9 cm³/mol. The van der Waals surface area contributed by atoms with E-state index in [-0.39, 0.29) is 6.03 Å². The zero-order valence-electron chi connectivity index (χ0n) is 11.8. The molecule has 0 spiro atoms. The van der Waals surface area contributed by atoms with E-state index < -0.39 is 0 Å². The molecule has 2 aromatic rings. The fraction of sp³-hybridized carbons (Fsp3) is 0.333. The number of methoxy groups -OCH3 is 1. The molecule has 0 unspecified atom stereocenters. The molecule has 0 aliphatic heterocycles. The van der Waals surface area contributed by atoms with Crippen molar-refractivity contribution in [2.45, 2.75) is 25.4 Å². The maximum atomic E-state index is 11.5. The second kappa shape index (κ2) is 5.87. The minimum Gasteiger partial charge on any atom is -0.497 e. The maximum absolute atomic E-state index is 11.5. The first-order valence-corrected chi connectivity index (χ1v) is 6.89. The third-order valence-corrected chi connectivity index (χ3v) is 3.26. The van der Waals surface area contributed by atoms with E-state index in [4.69, 9.17) is 9.26 Å². The van der Waals surface area contributed by atoms with Crippen LogP contribution in [0.3, 0.4) is 0 Å². The highest BCUT2D eigenvalue weighted by Crippen LogP contribution is 2.23. The number of amides is 2. The van der Waals surface area contributed by atoms with Gasteiger partial charge in [-0.2, -0.15) is 0 Å². The minimum absolute atomic E-state index is 0.170. The minimum atomic E-state index is -0.170. The summed E-state index contributed by atoms with van der Waals surface area (Å²) in [5.41, 5.74) is 1.63. The van der Waals surface area contributed by atoms with Gasteiger partial charge in [-0.15, -0.1) is 0 Å². The van der Waals surface area contributed by atoms with Crippen LogP contribution in [-0.4, -0.2) is 24.3 Å². The SMILES string of the molecule is COc1cccc(-c2cc(CNC(=O)NC3CC3)on2)c1. The van der Waals surface area contributed by atoms with Gasteiger partial charge < -0.3 is 19.9 Å². The summed E-state index contributed by atoms with van der Waals surface area (Å²) in [6.07, 6.45) is 2.13. The van der Waals surface area contributed by atoms with Crippen molar-refractivity contribution in [3.8, 4) is 17.0 Å². The first-order chi connectivity index (χ1) is 10.2. The lowest BCUT2D eigenvalue weighted by molar-refractivity contribution is 0.238. The molecule has 2 amide bonds. The van der Waals surface area contributed by atoms with Crippen LogP contribution in [0, 0.1) is 0 Å². The highest BCUT2D eigenvalue weighted by atomic mass is 16.5. The maximum Gasteiger partial charge on any atom is 0.315 e. The van der Waals surface area contributed by atoms with Gasteiger partial charge in [0.05, 0.1) is 13.7 Å². The average molecular weight is 287 g/mol. The molecule has 0 bridgehead atoms. The fourth-order valence-electron chi connectivity index (χ4n) is 1.95. The molecule has 1 aliphatic carbocycles. The highest BCUT2D eigenvalue weighted by Gasteiger charge is 2.23.